The lowest BCUT2D eigenvalue weighted by atomic mass is 10.0. The average molecular weight is 789 g/mol. The van der Waals surface area contributed by atoms with E-state index in [4.69, 9.17) is 37.9 Å². The molecule has 0 aliphatic carbocycles. The van der Waals surface area contributed by atoms with Crippen molar-refractivity contribution in [2.24, 2.45) is 0 Å². The Morgan fingerprint density at radius 2 is 0.810 bits per heavy atom. The summed E-state index contributed by atoms with van der Waals surface area (Å²) in [5, 5.41) is 3.87. The molecule has 2 aromatic carbocycles. The van der Waals surface area contributed by atoms with Gasteiger partial charge in [0.25, 0.3) is 0 Å². The third kappa shape index (κ3) is 11.3. The van der Waals surface area contributed by atoms with Crippen LogP contribution < -0.4 is 30.9 Å². The molecule has 4 aromatic heterocycles. The maximum absolute atomic E-state index is 6.11. The lowest BCUT2D eigenvalue weighted by molar-refractivity contribution is 0.0180. The van der Waals surface area contributed by atoms with E-state index in [1.165, 1.54) is 0 Å². The van der Waals surface area contributed by atoms with Crippen molar-refractivity contribution in [3.63, 3.8) is 0 Å². The van der Waals surface area contributed by atoms with Crippen molar-refractivity contribution in [2.75, 3.05) is 93.5 Å². The molecule has 0 unspecified atom stereocenters. The first-order chi connectivity index (χ1) is 28.7. The van der Waals surface area contributed by atoms with Crippen molar-refractivity contribution in [3.05, 3.63) is 152 Å². The Labute approximate surface area is 337 Å². The standard InChI is InChI=1S/C46H52N4O8/c1-51-17-19-53-21-23-55-25-27-57-39-7-3-5-33(29-39)45-41-13-9-35(47-41)31-37-11-15-43(49-37)46(44-16-12-38(50-44)32-36-10-14-42(45)48-36)34-6-4-8-40(30-34)58-28-26-56-24-22-54-20-18-52-2/h3-16,29-32,47-50H,17-28H2,1-2H3. The van der Waals surface area contributed by atoms with Crippen LogP contribution in [0.3, 0.4) is 0 Å². The van der Waals surface area contributed by atoms with Crippen LogP contribution in [0.25, 0.3) is 23.3 Å². The summed E-state index contributed by atoms with van der Waals surface area (Å²) in [6, 6.07) is 33.2. The van der Waals surface area contributed by atoms with Gasteiger partial charge in [0, 0.05) is 69.5 Å². The molecule has 0 fully saturated rings. The van der Waals surface area contributed by atoms with E-state index in [9.17, 15) is 0 Å². The molecular weight excluding hydrogens is 737 g/mol. The summed E-state index contributed by atoms with van der Waals surface area (Å²) >= 11 is 0. The molecule has 4 N–H and O–H groups in total. The number of hydrogen-bond acceptors (Lipinski definition) is 8. The smallest absolute Gasteiger partial charge is 0.120 e. The molecule has 0 amide bonds. The SMILES string of the molecule is COCCOCCOCCOc1cccc(C2=c3ccc([nH]3)=Cc3ccc([nH]3)C(c3cccc(OCCOCCOCCOC)c3)=c3ccc([nH]3)=Cc3ccc2[nH]3)c1. The second-order valence-corrected chi connectivity index (χ2v) is 13.5. The predicted molar refractivity (Wildman–Crippen MR) is 223 cm³/mol. The molecule has 0 saturated heterocycles. The summed E-state index contributed by atoms with van der Waals surface area (Å²) in [5.41, 5.74) is 7.94. The van der Waals surface area contributed by atoms with Crippen LogP contribution in [0.4, 0.5) is 0 Å². The average Bonchev–Trinajstić information content (AvgIpc) is 4.08. The minimum atomic E-state index is 0.428. The molecule has 58 heavy (non-hydrogen) atoms. The molecule has 0 spiro atoms. The van der Waals surface area contributed by atoms with Crippen molar-refractivity contribution in [1.29, 1.82) is 0 Å². The number of aromatic amines is 4. The number of ether oxygens (including phenoxy) is 8. The highest BCUT2D eigenvalue weighted by atomic mass is 16.6. The van der Waals surface area contributed by atoms with Gasteiger partial charge in [0.15, 0.2) is 0 Å². The topological polar surface area (TPSA) is 137 Å². The largest absolute Gasteiger partial charge is 0.491 e. The van der Waals surface area contributed by atoms with Crippen LogP contribution >= 0.6 is 0 Å². The van der Waals surface area contributed by atoms with E-state index in [1.54, 1.807) is 14.2 Å². The first kappa shape index (κ1) is 40.6. The summed E-state index contributed by atoms with van der Waals surface area (Å²) in [6.07, 6.45) is 4.24. The fourth-order valence-electron chi connectivity index (χ4n) is 6.66. The number of H-pyrrole nitrogens is 4. The molecule has 12 nitrogen and oxygen atoms in total. The molecule has 1 aliphatic rings. The quantitative estimate of drug-likeness (QED) is 0.0767. The summed E-state index contributed by atoms with van der Waals surface area (Å²) in [5.74, 6) is 1.53. The predicted octanol–water partition coefficient (Wildman–Crippen LogP) is 3.58. The molecule has 0 atom stereocenters. The molecule has 304 valence electrons. The highest BCUT2D eigenvalue weighted by Gasteiger charge is 2.14. The van der Waals surface area contributed by atoms with Crippen LogP contribution in [0.5, 0.6) is 11.5 Å². The van der Waals surface area contributed by atoms with Crippen LogP contribution in [-0.4, -0.2) is 113 Å². The molecule has 0 saturated carbocycles. The minimum Gasteiger partial charge on any atom is -0.491 e. The van der Waals surface area contributed by atoms with E-state index in [2.05, 4.69) is 105 Å². The van der Waals surface area contributed by atoms with Gasteiger partial charge < -0.3 is 57.8 Å². The van der Waals surface area contributed by atoms with E-state index in [0.29, 0.717) is 79.3 Å². The monoisotopic (exact) mass is 788 g/mol. The second-order valence-electron chi connectivity index (χ2n) is 13.5. The van der Waals surface area contributed by atoms with Crippen molar-refractivity contribution in [2.45, 2.75) is 0 Å². The summed E-state index contributed by atoms with van der Waals surface area (Å²) < 4.78 is 44.5. The van der Waals surface area contributed by atoms with Gasteiger partial charge in [-0.15, -0.1) is 0 Å². The number of methoxy groups -OCH3 is 2. The molecule has 0 radical (unpaired) electrons. The van der Waals surface area contributed by atoms with Gasteiger partial charge in [-0.2, -0.15) is 0 Å². The van der Waals surface area contributed by atoms with Gasteiger partial charge in [0.05, 0.1) is 66.1 Å². The fourth-order valence-corrected chi connectivity index (χ4v) is 6.66. The van der Waals surface area contributed by atoms with Gasteiger partial charge in [-0.3, -0.25) is 0 Å². The zero-order valence-electron chi connectivity index (χ0n) is 33.1. The Hall–Kier alpha value is -5.60. The number of hydrogen-bond donors (Lipinski definition) is 4. The third-order valence-electron chi connectivity index (χ3n) is 9.38. The normalized spacial score (nSPS) is 12.4. The van der Waals surface area contributed by atoms with Crippen molar-refractivity contribution >= 4 is 23.3 Å². The number of benzene rings is 2. The fraction of sp³-hybridized carbons (Fsp3) is 0.304. The number of fused-ring (bicyclic) bond motifs is 8. The molecule has 5 heterocycles. The number of aromatic nitrogens is 4. The highest BCUT2D eigenvalue weighted by Crippen LogP contribution is 2.26. The summed E-state index contributed by atoms with van der Waals surface area (Å²) in [6.45, 7) is 6.09. The van der Waals surface area contributed by atoms with Gasteiger partial charge in [0.2, 0.25) is 0 Å². The van der Waals surface area contributed by atoms with Gasteiger partial charge >= 0.3 is 0 Å². The van der Waals surface area contributed by atoms with Crippen LogP contribution in [-0.2, 0) is 28.4 Å². The summed E-state index contributed by atoms with van der Waals surface area (Å²) in [7, 11) is 3.31. The first-order valence-electron chi connectivity index (χ1n) is 19.6. The van der Waals surface area contributed by atoms with E-state index < -0.39 is 0 Å². The Bertz CT molecular complexity index is 2270. The second kappa shape index (κ2) is 21.2. The number of nitrogens with one attached hydrogen (secondary N) is 4. The van der Waals surface area contributed by atoms with Crippen LogP contribution in [0.2, 0.25) is 0 Å². The van der Waals surface area contributed by atoms with Crippen molar-refractivity contribution < 1.29 is 37.9 Å². The number of rotatable bonds is 22. The Balaban J connectivity index is 1.13. The molecule has 1 aliphatic heterocycles. The van der Waals surface area contributed by atoms with Gasteiger partial charge in [-0.1, -0.05) is 24.3 Å². The molecule has 8 bridgehead atoms. The Morgan fingerprint density at radius 3 is 1.24 bits per heavy atom. The minimum absolute atomic E-state index is 0.428. The lowest BCUT2D eigenvalue weighted by Gasteiger charge is -2.11. The molecule has 7 rings (SSSR count). The maximum atomic E-state index is 6.11. The van der Waals surface area contributed by atoms with E-state index in [-0.39, 0.29) is 0 Å². The zero-order chi connectivity index (χ0) is 39.8. The maximum Gasteiger partial charge on any atom is 0.120 e. The van der Waals surface area contributed by atoms with E-state index >= 15 is 0 Å². The Kier molecular flexibility index (Phi) is 14.9. The highest BCUT2D eigenvalue weighted by molar-refractivity contribution is 5.80. The van der Waals surface area contributed by atoms with E-state index in [0.717, 1.165) is 77.9 Å². The van der Waals surface area contributed by atoms with Gasteiger partial charge in [0.1, 0.15) is 24.7 Å². The Morgan fingerprint density at radius 1 is 0.397 bits per heavy atom. The molecule has 6 aromatic rings. The van der Waals surface area contributed by atoms with Gasteiger partial charge in [-0.05, 0) is 96.1 Å². The van der Waals surface area contributed by atoms with E-state index in [1.807, 2.05) is 24.3 Å². The van der Waals surface area contributed by atoms with Crippen molar-refractivity contribution in [1.82, 2.24) is 19.9 Å². The zero-order valence-corrected chi connectivity index (χ0v) is 33.1. The first-order valence-corrected chi connectivity index (χ1v) is 19.6. The van der Waals surface area contributed by atoms with Crippen LogP contribution in [0.1, 0.15) is 33.9 Å². The lowest BCUT2D eigenvalue weighted by Crippen LogP contribution is -2.16. The third-order valence-corrected chi connectivity index (χ3v) is 9.38. The van der Waals surface area contributed by atoms with Crippen molar-refractivity contribution in [3.8, 4) is 11.5 Å². The molecular formula is C46H52N4O8. The van der Waals surface area contributed by atoms with Crippen LogP contribution in [0.15, 0.2) is 97.1 Å². The summed E-state index contributed by atoms with van der Waals surface area (Å²) in [4.78, 5) is 14.7. The van der Waals surface area contributed by atoms with Gasteiger partial charge in [-0.25, -0.2) is 0 Å². The molecule has 12 heteroatoms. The van der Waals surface area contributed by atoms with Crippen LogP contribution in [0, 0.1) is 0 Å².